The van der Waals surface area contributed by atoms with Crippen molar-refractivity contribution in [3.05, 3.63) is 12.2 Å². The monoisotopic (exact) mass is 249 g/mol. The van der Waals surface area contributed by atoms with Gasteiger partial charge in [-0.3, -0.25) is 0 Å². The Labute approximate surface area is 93.7 Å². The fourth-order valence-electron chi connectivity index (χ4n) is 1.46. The molecule has 1 aliphatic rings. The minimum Gasteiger partial charge on any atom is -0.478 e. The molecule has 0 aromatic heterocycles. The Bertz CT molecular complexity index is 309. The molecule has 1 saturated heterocycles. The number of hydrogen-bond acceptors (Lipinski definition) is 4. The van der Waals surface area contributed by atoms with E-state index in [0.717, 1.165) is 0 Å². The van der Waals surface area contributed by atoms with Crippen molar-refractivity contribution < 1.29 is 28.8 Å². The van der Waals surface area contributed by atoms with Crippen molar-refractivity contribution in [3.63, 3.8) is 0 Å². The molecule has 2 unspecified atom stereocenters. The zero-order valence-electron chi connectivity index (χ0n) is 8.83. The van der Waals surface area contributed by atoms with Crippen LogP contribution in [0.2, 0.25) is 0 Å². The molecule has 0 bridgehead atoms. The SMILES string of the molecule is C=C(CC(C[P+](=O)O)C1OC(C)O1)C(=O)O. The Morgan fingerprint density at radius 2 is 2.12 bits per heavy atom. The molecular weight excluding hydrogens is 235 g/mol. The van der Waals surface area contributed by atoms with E-state index >= 15 is 0 Å². The normalized spacial score (nSPS) is 26.8. The summed E-state index contributed by atoms with van der Waals surface area (Å²) in [6, 6.07) is 0. The molecule has 0 radical (unpaired) electrons. The highest BCUT2D eigenvalue weighted by Crippen LogP contribution is 2.32. The first-order valence-corrected chi connectivity index (χ1v) is 6.15. The van der Waals surface area contributed by atoms with Gasteiger partial charge < -0.3 is 14.6 Å². The van der Waals surface area contributed by atoms with Gasteiger partial charge in [-0.15, -0.1) is 0 Å². The maximum atomic E-state index is 10.7. The van der Waals surface area contributed by atoms with Gasteiger partial charge in [-0.2, -0.15) is 4.89 Å². The van der Waals surface area contributed by atoms with E-state index < -0.39 is 26.2 Å². The summed E-state index contributed by atoms with van der Waals surface area (Å²) in [7, 11) is -2.35. The van der Waals surface area contributed by atoms with Gasteiger partial charge >= 0.3 is 14.0 Å². The van der Waals surface area contributed by atoms with E-state index in [2.05, 4.69) is 6.58 Å². The third kappa shape index (κ3) is 3.64. The summed E-state index contributed by atoms with van der Waals surface area (Å²) in [5.41, 5.74) is -0.0198. The van der Waals surface area contributed by atoms with E-state index in [1.165, 1.54) is 0 Å². The van der Waals surface area contributed by atoms with Crippen LogP contribution < -0.4 is 0 Å². The number of rotatable bonds is 6. The van der Waals surface area contributed by atoms with Crippen LogP contribution in [0.1, 0.15) is 13.3 Å². The number of ether oxygens (including phenoxy) is 2. The number of carbonyl (C=O) groups is 1. The van der Waals surface area contributed by atoms with Gasteiger partial charge in [-0.05, 0) is 17.9 Å². The molecule has 16 heavy (non-hydrogen) atoms. The zero-order valence-corrected chi connectivity index (χ0v) is 9.72. The second-order valence-electron chi connectivity index (χ2n) is 3.62. The van der Waals surface area contributed by atoms with Gasteiger partial charge in [0, 0.05) is 5.57 Å². The van der Waals surface area contributed by atoms with Crippen LogP contribution in [0.25, 0.3) is 0 Å². The van der Waals surface area contributed by atoms with Crippen LogP contribution in [-0.4, -0.2) is 34.7 Å². The molecule has 0 aliphatic carbocycles. The number of carboxylic acid groups (broad SMARTS) is 1. The summed E-state index contributed by atoms with van der Waals surface area (Å²) in [5, 5.41) is 8.67. The van der Waals surface area contributed by atoms with E-state index in [1.807, 2.05) is 0 Å². The number of carboxylic acids is 1. The highest BCUT2D eigenvalue weighted by atomic mass is 31.1. The lowest BCUT2D eigenvalue weighted by atomic mass is 10.0. The third-order valence-corrected chi connectivity index (χ3v) is 3.02. The first kappa shape index (κ1) is 13.3. The highest BCUT2D eigenvalue weighted by molar-refractivity contribution is 7.38. The molecule has 2 atom stereocenters. The van der Waals surface area contributed by atoms with Crippen molar-refractivity contribution in [2.45, 2.75) is 25.9 Å². The van der Waals surface area contributed by atoms with Gasteiger partial charge in [-0.1, -0.05) is 6.58 Å². The van der Waals surface area contributed by atoms with Crippen LogP contribution >= 0.6 is 8.03 Å². The second kappa shape index (κ2) is 5.50. The van der Waals surface area contributed by atoms with Crippen LogP contribution in [0.5, 0.6) is 0 Å². The Morgan fingerprint density at radius 3 is 2.50 bits per heavy atom. The minimum atomic E-state index is -2.35. The Morgan fingerprint density at radius 1 is 1.56 bits per heavy atom. The van der Waals surface area contributed by atoms with Crippen molar-refractivity contribution in [1.82, 2.24) is 0 Å². The molecule has 1 aliphatic heterocycles. The Hall–Kier alpha value is -0.810. The molecule has 7 heteroatoms. The smallest absolute Gasteiger partial charge is 0.478 e. The maximum Gasteiger partial charge on any atom is 0.505 e. The van der Waals surface area contributed by atoms with Crippen molar-refractivity contribution in [2.24, 2.45) is 5.92 Å². The van der Waals surface area contributed by atoms with Crippen LogP contribution in [0, 0.1) is 5.92 Å². The largest absolute Gasteiger partial charge is 0.505 e. The molecule has 1 rings (SSSR count). The van der Waals surface area contributed by atoms with Gasteiger partial charge in [-0.25, -0.2) is 4.79 Å². The average Bonchev–Trinajstić information content (AvgIpc) is 2.10. The van der Waals surface area contributed by atoms with E-state index in [0.29, 0.717) is 0 Å². The first-order chi connectivity index (χ1) is 7.40. The Balaban J connectivity index is 2.54. The van der Waals surface area contributed by atoms with Crippen molar-refractivity contribution in [3.8, 4) is 0 Å². The van der Waals surface area contributed by atoms with E-state index in [-0.39, 0.29) is 24.4 Å². The summed E-state index contributed by atoms with van der Waals surface area (Å²) in [6.45, 7) is 5.07. The molecule has 0 amide bonds. The first-order valence-electron chi connectivity index (χ1n) is 4.75. The quantitative estimate of drug-likeness (QED) is 0.540. The molecule has 1 heterocycles. The average molecular weight is 249 g/mol. The van der Waals surface area contributed by atoms with Crippen LogP contribution in [0.3, 0.4) is 0 Å². The lowest BCUT2D eigenvalue weighted by Crippen LogP contribution is -2.45. The topological polar surface area (TPSA) is 93.1 Å². The van der Waals surface area contributed by atoms with Crippen molar-refractivity contribution in [2.75, 3.05) is 6.16 Å². The van der Waals surface area contributed by atoms with Crippen molar-refractivity contribution >= 4 is 14.0 Å². The van der Waals surface area contributed by atoms with Crippen LogP contribution in [0.15, 0.2) is 12.2 Å². The summed E-state index contributed by atoms with van der Waals surface area (Å²) in [4.78, 5) is 19.4. The molecule has 0 saturated carbocycles. The van der Waals surface area contributed by atoms with Gasteiger partial charge in [0.1, 0.15) is 0 Å². The Kier molecular flexibility index (Phi) is 4.56. The van der Waals surface area contributed by atoms with Gasteiger partial charge in [0.05, 0.1) is 5.92 Å². The lowest BCUT2D eigenvalue weighted by molar-refractivity contribution is -0.390. The predicted octanol–water partition coefficient (Wildman–Crippen LogP) is 1.09. The van der Waals surface area contributed by atoms with Gasteiger partial charge in [0.2, 0.25) is 0 Å². The van der Waals surface area contributed by atoms with E-state index in [4.69, 9.17) is 19.5 Å². The maximum absolute atomic E-state index is 10.7. The minimum absolute atomic E-state index is 0.0198. The molecular formula is C9H14O6P+. The molecule has 0 aromatic carbocycles. The molecule has 1 fully saturated rings. The summed E-state index contributed by atoms with van der Waals surface area (Å²) >= 11 is 0. The van der Waals surface area contributed by atoms with Crippen LogP contribution in [-0.2, 0) is 18.8 Å². The summed E-state index contributed by atoms with van der Waals surface area (Å²) in [6.07, 6.45) is -0.938. The lowest BCUT2D eigenvalue weighted by Gasteiger charge is -2.37. The third-order valence-electron chi connectivity index (χ3n) is 2.24. The zero-order chi connectivity index (χ0) is 12.3. The molecule has 0 spiro atoms. The second-order valence-corrected chi connectivity index (χ2v) is 4.69. The standard InChI is InChI=1S/C9H13O6P/c1-5(8(10)11)3-7(4-16(12)13)9-14-6(2)15-9/h6-7,9H,1,3-4H2,2H3,(H-,10,11,12,13)/p+1. The van der Waals surface area contributed by atoms with Gasteiger partial charge in [0.25, 0.3) is 0 Å². The summed E-state index contributed by atoms with van der Waals surface area (Å²) in [5.74, 6) is -1.57. The number of aliphatic carboxylic acids is 1. The fourth-order valence-corrected chi connectivity index (χ4v) is 2.16. The molecule has 2 N–H and O–H groups in total. The summed E-state index contributed by atoms with van der Waals surface area (Å²) < 4.78 is 21.1. The van der Waals surface area contributed by atoms with Gasteiger partial charge in [0.15, 0.2) is 18.7 Å². The molecule has 0 aromatic rings. The number of hydrogen-bond donors (Lipinski definition) is 2. The molecule has 6 nitrogen and oxygen atoms in total. The molecule has 90 valence electrons. The van der Waals surface area contributed by atoms with Crippen LogP contribution in [0.4, 0.5) is 0 Å². The predicted molar refractivity (Wildman–Crippen MR) is 55.0 cm³/mol. The van der Waals surface area contributed by atoms with E-state index in [1.54, 1.807) is 6.92 Å². The van der Waals surface area contributed by atoms with Crippen molar-refractivity contribution in [1.29, 1.82) is 0 Å². The van der Waals surface area contributed by atoms with E-state index in [9.17, 15) is 9.36 Å². The highest BCUT2D eigenvalue weighted by Gasteiger charge is 2.39. The fraction of sp³-hybridized carbons (Fsp3) is 0.667.